The lowest BCUT2D eigenvalue weighted by Gasteiger charge is -2.09. The zero-order valence-electron chi connectivity index (χ0n) is 14.8. The highest BCUT2D eigenvalue weighted by molar-refractivity contribution is 7.99. The van der Waals surface area contributed by atoms with Gasteiger partial charge >= 0.3 is 0 Å². The van der Waals surface area contributed by atoms with Crippen molar-refractivity contribution in [3.8, 4) is 11.4 Å². The number of hydrogen-bond donors (Lipinski definition) is 0. The fourth-order valence-corrected chi connectivity index (χ4v) is 3.71. The maximum absolute atomic E-state index is 14.6. The molecule has 3 aromatic heterocycles. The summed E-state index contributed by atoms with van der Waals surface area (Å²) >= 11 is 7.23. The minimum absolute atomic E-state index is 0.206. The van der Waals surface area contributed by atoms with Crippen molar-refractivity contribution in [3.63, 3.8) is 0 Å². The van der Waals surface area contributed by atoms with Crippen LogP contribution in [0, 0.1) is 5.82 Å². The van der Waals surface area contributed by atoms with Gasteiger partial charge in [0.1, 0.15) is 17.1 Å². The van der Waals surface area contributed by atoms with Gasteiger partial charge in [-0.2, -0.15) is 0 Å². The van der Waals surface area contributed by atoms with E-state index in [0.29, 0.717) is 34.7 Å². The quantitative estimate of drug-likeness (QED) is 0.418. The lowest BCUT2D eigenvalue weighted by molar-refractivity contribution is 0.485. The number of nitrogens with zero attached hydrogens (tertiary/aromatic N) is 5. The zero-order chi connectivity index (χ0) is 19.5. The van der Waals surface area contributed by atoms with Crippen molar-refractivity contribution in [2.24, 2.45) is 0 Å². The fraction of sp³-hybridized carbons (Fsp3) is 0.158. The van der Waals surface area contributed by atoms with Crippen LogP contribution in [0.4, 0.5) is 4.39 Å². The minimum Gasteiger partial charge on any atom is -0.467 e. The molecule has 0 aliphatic carbocycles. The molecule has 0 aliphatic rings. The van der Waals surface area contributed by atoms with Crippen molar-refractivity contribution in [1.29, 1.82) is 0 Å². The van der Waals surface area contributed by atoms with Crippen molar-refractivity contribution < 1.29 is 8.81 Å². The highest BCUT2D eigenvalue weighted by atomic mass is 35.5. The van der Waals surface area contributed by atoms with E-state index < -0.39 is 5.82 Å². The Labute approximate surface area is 169 Å². The van der Waals surface area contributed by atoms with E-state index in [9.17, 15) is 4.39 Å². The first-order valence-corrected chi connectivity index (χ1v) is 9.74. The lowest BCUT2D eigenvalue weighted by Crippen LogP contribution is -2.04. The number of aromatic nitrogens is 5. The lowest BCUT2D eigenvalue weighted by atomic mass is 10.2. The van der Waals surface area contributed by atoms with Gasteiger partial charge in [0, 0.05) is 10.6 Å². The molecule has 0 fully saturated rings. The fourth-order valence-electron chi connectivity index (χ4n) is 2.70. The first-order valence-electron chi connectivity index (χ1n) is 8.54. The Morgan fingerprint density at radius 1 is 1.18 bits per heavy atom. The van der Waals surface area contributed by atoms with Gasteiger partial charge in [0.05, 0.1) is 18.5 Å². The number of hydrogen-bond acceptors (Lipinski definition) is 6. The molecular formula is C19H15ClFN5OS. The molecule has 0 radical (unpaired) electrons. The van der Waals surface area contributed by atoms with Crippen LogP contribution in [0.1, 0.15) is 18.4 Å². The Bertz CT molecular complexity index is 1100. The summed E-state index contributed by atoms with van der Waals surface area (Å²) < 4.78 is 21.9. The third-order valence-corrected chi connectivity index (χ3v) is 5.24. The molecule has 6 nitrogen and oxygen atoms in total. The Morgan fingerprint density at radius 2 is 2.07 bits per heavy atom. The van der Waals surface area contributed by atoms with Crippen molar-refractivity contribution in [2.75, 3.05) is 0 Å². The summed E-state index contributed by atoms with van der Waals surface area (Å²) in [4.78, 5) is 8.04. The van der Waals surface area contributed by atoms with Crippen LogP contribution in [-0.4, -0.2) is 24.7 Å². The number of rotatable bonds is 6. The van der Waals surface area contributed by atoms with Gasteiger partial charge in [-0.05, 0) is 42.4 Å². The van der Waals surface area contributed by atoms with E-state index in [0.717, 1.165) is 23.1 Å². The van der Waals surface area contributed by atoms with E-state index in [-0.39, 0.29) is 5.03 Å². The van der Waals surface area contributed by atoms with Gasteiger partial charge in [-0.3, -0.25) is 4.57 Å². The zero-order valence-corrected chi connectivity index (χ0v) is 16.4. The highest BCUT2D eigenvalue weighted by Gasteiger charge is 2.20. The molecule has 0 N–H and O–H groups in total. The van der Waals surface area contributed by atoms with Crippen molar-refractivity contribution in [3.05, 3.63) is 71.3 Å². The molecule has 28 heavy (non-hydrogen) atoms. The third-order valence-electron chi connectivity index (χ3n) is 4.05. The Kier molecular flexibility index (Phi) is 5.40. The second kappa shape index (κ2) is 8.12. The molecule has 0 saturated carbocycles. The minimum atomic E-state index is -0.438. The first kappa shape index (κ1) is 18.6. The highest BCUT2D eigenvalue weighted by Crippen LogP contribution is 2.31. The van der Waals surface area contributed by atoms with Crippen LogP contribution >= 0.6 is 23.4 Å². The van der Waals surface area contributed by atoms with Crippen LogP contribution in [0.25, 0.3) is 11.4 Å². The molecular weight excluding hydrogens is 401 g/mol. The number of halogens is 2. The van der Waals surface area contributed by atoms with Crippen molar-refractivity contribution in [1.82, 2.24) is 24.7 Å². The van der Waals surface area contributed by atoms with E-state index in [1.54, 1.807) is 18.4 Å². The smallest absolute Gasteiger partial charge is 0.198 e. The summed E-state index contributed by atoms with van der Waals surface area (Å²) in [5, 5.41) is 9.85. The molecule has 0 aliphatic heterocycles. The molecule has 0 bridgehead atoms. The molecule has 0 spiro atoms. The summed E-state index contributed by atoms with van der Waals surface area (Å²) in [6.45, 7) is 2.23. The standard InChI is InChI=1S/C19H15ClFN5OS/c1-2-15-16(21)18(23-11-22-15)28-19-25-24-17(12-5-3-6-13(20)9-12)26(19)10-14-7-4-8-27-14/h3-9,11H,2,10H2,1H3. The molecule has 1 aromatic carbocycles. The summed E-state index contributed by atoms with van der Waals surface area (Å²) in [6.07, 6.45) is 3.44. The van der Waals surface area contributed by atoms with Crippen LogP contribution in [0.15, 0.2) is 63.6 Å². The van der Waals surface area contributed by atoms with Crippen LogP contribution in [0.5, 0.6) is 0 Å². The van der Waals surface area contributed by atoms with Crippen molar-refractivity contribution >= 4 is 23.4 Å². The normalized spacial score (nSPS) is 11.1. The Balaban J connectivity index is 1.77. The van der Waals surface area contributed by atoms with Gasteiger partial charge in [-0.15, -0.1) is 10.2 Å². The predicted octanol–water partition coefficient (Wildman–Crippen LogP) is 4.88. The Morgan fingerprint density at radius 3 is 2.82 bits per heavy atom. The van der Waals surface area contributed by atoms with Crippen LogP contribution in [0.3, 0.4) is 0 Å². The molecule has 0 amide bonds. The number of aryl methyl sites for hydroxylation is 1. The van der Waals surface area contributed by atoms with Gasteiger partial charge < -0.3 is 4.42 Å². The summed E-state index contributed by atoms with van der Waals surface area (Å²) in [5.74, 6) is 0.890. The number of benzene rings is 1. The van der Waals surface area contributed by atoms with E-state index in [1.165, 1.54) is 6.33 Å². The maximum Gasteiger partial charge on any atom is 0.198 e. The predicted molar refractivity (Wildman–Crippen MR) is 104 cm³/mol. The van der Waals surface area contributed by atoms with Crippen LogP contribution in [0.2, 0.25) is 5.02 Å². The topological polar surface area (TPSA) is 69.6 Å². The molecule has 4 aromatic rings. The van der Waals surface area contributed by atoms with Gasteiger partial charge in [-0.25, -0.2) is 14.4 Å². The molecule has 142 valence electrons. The summed E-state index contributed by atoms with van der Waals surface area (Å²) in [5.41, 5.74) is 1.17. The molecule has 0 unspecified atom stereocenters. The van der Waals surface area contributed by atoms with Crippen LogP contribution in [-0.2, 0) is 13.0 Å². The van der Waals surface area contributed by atoms with Gasteiger partial charge in [0.15, 0.2) is 16.8 Å². The van der Waals surface area contributed by atoms with E-state index in [2.05, 4.69) is 20.2 Å². The third kappa shape index (κ3) is 3.79. The molecule has 4 rings (SSSR count). The summed E-state index contributed by atoms with van der Waals surface area (Å²) in [7, 11) is 0. The van der Waals surface area contributed by atoms with Gasteiger partial charge in [0.2, 0.25) is 0 Å². The average Bonchev–Trinajstić information content (AvgIpc) is 3.34. The monoisotopic (exact) mass is 415 g/mol. The largest absolute Gasteiger partial charge is 0.467 e. The second-order valence-electron chi connectivity index (χ2n) is 5.88. The van der Waals surface area contributed by atoms with E-state index in [4.69, 9.17) is 16.0 Å². The van der Waals surface area contributed by atoms with Gasteiger partial charge in [-0.1, -0.05) is 30.7 Å². The molecule has 0 atom stereocenters. The van der Waals surface area contributed by atoms with E-state index in [1.807, 2.05) is 35.8 Å². The molecule has 0 saturated heterocycles. The van der Waals surface area contributed by atoms with E-state index >= 15 is 0 Å². The average molecular weight is 416 g/mol. The first-order chi connectivity index (χ1) is 13.7. The van der Waals surface area contributed by atoms with Crippen LogP contribution < -0.4 is 0 Å². The molecule has 3 heterocycles. The van der Waals surface area contributed by atoms with Gasteiger partial charge in [0.25, 0.3) is 0 Å². The summed E-state index contributed by atoms with van der Waals surface area (Å²) in [6, 6.07) is 11.0. The Hall–Kier alpha value is -2.71. The SMILES string of the molecule is CCc1ncnc(Sc2nnc(-c3cccc(Cl)c3)n2Cc2ccco2)c1F. The van der Waals surface area contributed by atoms with Crippen molar-refractivity contribution in [2.45, 2.75) is 30.1 Å². The second-order valence-corrected chi connectivity index (χ2v) is 7.27. The molecule has 9 heteroatoms. The number of furan rings is 1. The maximum atomic E-state index is 14.6.